The zero-order chi connectivity index (χ0) is 26.2. The van der Waals surface area contributed by atoms with Gasteiger partial charge < -0.3 is 14.8 Å². The Hall–Kier alpha value is -4.11. The number of thioether (sulfide) groups is 1. The van der Waals surface area contributed by atoms with Gasteiger partial charge in [-0.25, -0.2) is 9.79 Å². The number of carbonyl (C=O) groups excluding carboxylic acids is 3. The van der Waals surface area contributed by atoms with E-state index in [0.717, 1.165) is 5.56 Å². The molecule has 1 N–H and O–H groups in total. The van der Waals surface area contributed by atoms with Crippen LogP contribution in [0, 0.1) is 0 Å². The molecule has 2 amide bonds. The average Bonchev–Trinajstić information content (AvgIpc) is 3.19. The maximum absolute atomic E-state index is 13.4. The lowest BCUT2D eigenvalue weighted by Crippen LogP contribution is -2.33. The first-order chi connectivity index (χ1) is 18.0. The summed E-state index contributed by atoms with van der Waals surface area (Å²) < 4.78 is 10.2. The van der Waals surface area contributed by atoms with Gasteiger partial charge in [0.15, 0.2) is 5.17 Å². The van der Waals surface area contributed by atoms with Crippen LogP contribution in [0.15, 0.2) is 83.9 Å². The number of amides is 2. The van der Waals surface area contributed by atoms with Crippen LogP contribution in [-0.2, 0) is 20.9 Å². The van der Waals surface area contributed by atoms with Crippen molar-refractivity contribution >= 4 is 46.1 Å². The highest BCUT2D eigenvalue weighted by atomic mass is 32.2. The Kier molecular flexibility index (Phi) is 8.58. The summed E-state index contributed by atoms with van der Waals surface area (Å²) in [5.74, 6) is -0.163. The molecule has 0 saturated carbocycles. The van der Waals surface area contributed by atoms with Gasteiger partial charge in [-0.15, -0.1) is 0 Å². The third-order valence-corrected chi connectivity index (χ3v) is 6.73. The molecule has 1 unspecified atom stereocenters. The number of anilines is 1. The molecule has 0 aromatic heterocycles. The summed E-state index contributed by atoms with van der Waals surface area (Å²) in [6.07, 6.45) is 0.00162. The molecule has 3 aromatic carbocycles. The third-order valence-electron chi connectivity index (χ3n) is 5.55. The van der Waals surface area contributed by atoms with E-state index in [2.05, 4.69) is 10.3 Å². The van der Waals surface area contributed by atoms with Gasteiger partial charge in [-0.3, -0.25) is 14.5 Å². The number of nitrogens with zero attached hydrogens (tertiary/aromatic N) is 2. The number of carbonyl (C=O) groups is 3. The standard InChI is InChI=1S/C28H27N3O5S/c1-3-36-27(34)20-9-11-22(12-10-20)30-28-31(18-19-7-5-4-6-8-19)26(33)24(37-28)17-25(32)29-21-13-15-23(35-2)16-14-21/h4-16,24H,3,17-18H2,1-2H3,(H,29,32). The molecular weight excluding hydrogens is 490 g/mol. The van der Waals surface area contributed by atoms with Crippen molar-refractivity contribution in [3.63, 3.8) is 0 Å². The van der Waals surface area contributed by atoms with Crippen molar-refractivity contribution in [1.82, 2.24) is 4.90 Å². The van der Waals surface area contributed by atoms with Crippen molar-refractivity contribution < 1.29 is 23.9 Å². The van der Waals surface area contributed by atoms with Gasteiger partial charge in [0, 0.05) is 12.1 Å². The molecule has 0 bridgehead atoms. The normalized spacial score (nSPS) is 16.1. The van der Waals surface area contributed by atoms with E-state index >= 15 is 0 Å². The Labute approximate surface area is 219 Å². The largest absolute Gasteiger partial charge is 0.497 e. The number of hydrogen-bond acceptors (Lipinski definition) is 7. The van der Waals surface area contributed by atoms with Gasteiger partial charge in [-0.05, 0) is 61.0 Å². The Balaban J connectivity index is 1.51. The molecule has 1 saturated heterocycles. The molecule has 1 fully saturated rings. The van der Waals surface area contributed by atoms with Crippen molar-refractivity contribution in [2.45, 2.75) is 25.1 Å². The first-order valence-corrected chi connectivity index (χ1v) is 12.7. The number of methoxy groups -OCH3 is 1. The van der Waals surface area contributed by atoms with Crippen molar-refractivity contribution in [1.29, 1.82) is 0 Å². The summed E-state index contributed by atoms with van der Waals surface area (Å²) in [6.45, 7) is 2.38. The van der Waals surface area contributed by atoms with Crippen LogP contribution >= 0.6 is 11.8 Å². The predicted octanol–water partition coefficient (Wildman–Crippen LogP) is 5.03. The molecule has 9 heteroatoms. The molecular formula is C28H27N3O5S. The minimum Gasteiger partial charge on any atom is -0.497 e. The molecule has 1 heterocycles. The van der Waals surface area contributed by atoms with Crippen LogP contribution < -0.4 is 10.1 Å². The van der Waals surface area contributed by atoms with Crippen molar-refractivity contribution in [2.24, 2.45) is 4.99 Å². The Morgan fingerprint density at radius 1 is 1.00 bits per heavy atom. The van der Waals surface area contributed by atoms with Gasteiger partial charge in [0.05, 0.1) is 31.5 Å². The minimum absolute atomic E-state index is 0.00162. The molecule has 3 aromatic rings. The van der Waals surface area contributed by atoms with Gasteiger partial charge in [-0.2, -0.15) is 0 Å². The predicted molar refractivity (Wildman–Crippen MR) is 144 cm³/mol. The molecule has 1 aliphatic rings. The van der Waals surface area contributed by atoms with E-state index in [1.807, 2.05) is 30.3 Å². The summed E-state index contributed by atoms with van der Waals surface area (Å²) in [7, 11) is 1.58. The number of hydrogen-bond donors (Lipinski definition) is 1. The van der Waals surface area contributed by atoms with Crippen LogP contribution in [0.3, 0.4) is 0 Å². The van der Waals surface area contributed by atoms with Crippen LogP contribution in [0.1, 0.15) is 29.3 Å². The first kappa shape index (κ1) is 26.0. The Morgan fingerprint density at radius 2 is 1.70 bits per heavy atom. The molecule has 1 atom stereocenters. The fourth-order valence-electron chi connectivity index (χ4n) is 3.69. The van der Waals surface area contributed by atoms with Crippen LogP contribution in [0.25, 0.3) is 0 Å². The van der Waals surface area contributed by atoms with E-state index in [9.17, 15) is 14.4 Å². The molecule has 0 spiro atoms. The zero-order valence-corrected chi connectivity index (χ0v) is 21.4. The van der Waals surface area contributed by atoms with Gasteiger partial charge in [-0.1, -0.05) is 42.1 Å². The monoisotopic (exact) mass is 517 g/mol. The molecule has 1 aliphatic heterocycles. The lowest BCUT2D eigenvalue weighted by atomic mass is 10.2. The smallest absolute Gasteiger partial charge is 0.338 e. The molecule has 4 rings (SSSR count). The molecule has 37 heavy (non-hydrogen) atoms. The third kappa shape index (κ3) is 6.77. The molecule has 8 nitrogen and oxygen atoms in total. The topological polar surface area (TPSA) is 97.3 Å². The minimum atomic E-state index is -0.612. The van der Waals surface area contributed by atoms with E-state index in [-0.39, 0.29) is 18.2 Å². The van der Waals surface area contributed by atoms with Gasteiger partial charge in [0.25, 0.3) is 0 Å². The number of ether oxygens (including phenoxy) is 2. The quantitative estimate of drug-likeness (QED) is 0.400. The summed E-state index contributed by atoms with van der Waals surface area (Å²) in [6, 6.07) is 23.3. The maximum Gasteiger partial charge on any atom is 0.338 e. The number of esters is 1. The fourth-order valence-corrected chi connectivity index (χ4v) is 4.85. The first-order valence-electron chi connectivity index (χ1n) is 11.8. The van der Waals surface area contributed by atoms with Crippen LogP contribution in [-0.4, -0.2) is 46.8 Å². The van der Waals surface area contributed by atoms with Gasteiger partial charge in [0.1, 0.15) is 11.0 Å². The Morgan fingerprint density at radius 3 is 2.35 bits per heavy atom. The fraction of sp³-hybridized carbons (Fsp3) is 0.214. The molecule has 190 valence electrons. The summed E-state index contributed by atoms with van der Waals surface area (Å²) in [4.78, 5) is 44.3. The van der Waals surface area contributed by atoms with Gasteiger partial charge >= 0.3 is 5.97 Å². The van der Waals surface area contributed by atoms with Crippen molar-refractivity contribution in [3.8, 4) is 5.75 Å². The van der Waals surface area contributed by atoms with E-state index in [0.29, 0.717) is 41.0 Å². The second-order valence-corrected chi connectivity index (χ2v) is 9.33. The lowest BCUT2D eigenvalue weighted by Gasteiger charge is -2.16. The number of amidine groups is 1. The average molecular weight is 518 g/mol. The van der Waals surface area contributed by atoms with Crippen LogP contribution in [0.4, 0.5) is 11.4 Å². The second kappa shape index (κ2) is 12.2. The Bertz CT molecular complexity index is 1280. The van der Waals surface area contributed by atoms with E-state index < -0.39 is 11.2 Å². The molecule has 0 radical (unpaired) electrons. The highest BCUT2D eigenvalue weighted by molar-refractivity contribution is 8.15. The zero-order valence-electron chi connectivity index (χ0n) is 20.5. The number of benzene rings is 3. The maximum atomic E-state index is 13.4. The van der Waals surface area contributed by atoms with Crippen LogP contribution in [0.5, 0.6) is 5.75 Å². The number of aliphatic imine (C=N–C) groups is 1. The number of nitrogens with one attached hydrogen (secondary N) is 1. The van der Waals surface area contributed by atoms with E-state index in [1.165, 1.54) is 11.8 Å². The highest BCUT2D eigenvalue weighted by Gasteiger charge is 2.39. The SMILES string of the molecule is CCOC(=O)c1ccc(N=C2SC(CC(=O)Nc3ccc(OC)cc3)C(=O)N2Cc2ccccc2)cc1. The lowest BCUT2D eigenvalue weighted by molar-refractivity contribution is -0.128. The molecule has 0 aliphatic carbocycles. The van der Waals surface area contributed by atoms with Crippen LogP contribution in [0.2, 0.25) is 0 Å². The second-order valence-electron chi connectivity index (χ2n) is 8.16. The number of rotatable bonds is 9. The summed E-state index contributed by atoms with van der Waals surface area (Å²) in [5.41, 5.74) is 2.59. The summed E-state index contributed by atoms with van der Waals surface area (Å²) in [5, 5.41) is 2.72. The highest BCUT2D eigenvalue weighted by Crippen LogP contribution is 2.33. The van der Waals surface area contributed by atoms with Gasteiger partial charge in [0.2, 0.25) is 11.8 Å². The van der Waals surface area contributed by atoms with Crippen molar-refractivity contribution in [3.05, 3.63) is 90.0 Å². The van der Waals surface area contributed by atoms with Crippen molar-refractivity contribution in [2.75, 3.05) is 19.0 Å². The van der Waals surface area contributed by atoms with E-state index in [4.69, 9.17) is 9.47 Å². The van der Waals surface area contributed by atoms with E-state index in [1.54, 1.807) is 67.5 Å². The summed E-state index contributed by atoms with van der Waals surface area (Å²) >= 11 is 1.26.